The van der Waals surface area contributed by atoms with Crippen LogP contribution in [0.5, 0.6) is 11.5 Å². The Labute approximate surface area is 220 Å². The fourth-order valence-corrected chi connectivity index (χ4v) is 6.63. The minimum absolute atomic E-state index is 0.0256. The molecule has 3 fully saturated rings. The summed E-state index contributed by atoms with van der Waals surface area (Å²) < 4.78 is 17.7. The third-order valence-corrected chi connectivity index (χ3v) is 9.23. The molecule has 0 spiro atoms. The van der Waals surface area contributed by atoms with Crippen LogP contribution in [0, 0.1) is 23.2 Å². The third-order valence-electron chi connectivity index (χ3n) is 9.23. The summed E-state index contributed by atoms with van der Waals surface area (Å²) in [6.45, 7) is 6.07. The van der Waals surface area contributed by atoms with Crippen LogP contribution in [0.3, 0.4) is 0 Å². The van der Waals surface area contributed by atoms with Crippen molar-refractivity contribution in [3.63, 3.8) is 0 Å². The van der Waals surface area contributed by atoms with Gasteiger partial charge in [0.1, 0.15) is 6.61 Å². The third kappa shape index (κ3) is 5.51. The summed E-state index contributed by atoms with van der Waals surface area (Å²) in [6.07, 6.45) is 4.79. The second kappa shape index (κ2) is 11.0. The Hall–Kier alpha value is -2.57. The smallest absolute Gasteiger partial charge is 0.248 e. The Morgan fingerprint density at radius 2 is 1.84 bits per heavy atom. The van der Waals surface area contributed by atoms with Gasteiger partial charge in [0.15, 0.2) is 11.5 Å². The molecule has 5 rings (SSSR count). The topological polar surface area (TPSA) is 68.2 Å². The van der Waals surface area contributed by atoms with Crippen LogP contribution in [0.15, 0.2) is 48.5 Å². The Kier molecular flexibility index (Phi) is 7.77. The van der Waals surface area contributed by atoms with Gasteiger partial charge in [-0.1, -0.05) is 56.2 Å². The second-order valence-corrected chi connectivity index (χ2v) is 11.5. The Bertz CT molecular complexity index is 1060. The zero-order valence-corrected chi connectivity index (χ0v) is 22.4. The van der Waals surface area contributed by atoms with Crippen LogP contribution in [0.2, 0.25) is 0 Å². The van der Waals surface area contributed by atoms with E-state index >= 15 is 0 Å². The van der Waals surface area contributed by atoms with Crippen molar-refractivity contribution in [2.24, 2.45) is 23.2 Å². The largest absolute Gasteiger partial charge is 0.493 e. The fourth-order valence-electron chi connectivity index (χ4n) is 6.63. The van der Waals surface area contributed by atoms with Crippen molar-refractivity contribution < 1.29 is 24.1 Å². The van der Waals surface area contributed by atoms with Gasteiger partial charge in [0.2, 0.25) is 5.91 Å². The molecular formula is C31H41NO5. The van der Waals surface area contributed by atoms with Gasteiger partial charge in [0.05, 0.1) is 26.4 Å². The van der Waals surface area contributed by atoms with E-state index in [2.05, 4.69) is 13.0 Å². The fraction of sp³-hybridized carbons (Fsp3) is 0.581. The lowest BCUT2D eigenvalue weighted by Crippen LogP contribution is -2.38. The predicted molar refractivity (Wildman–Crippen MR) is 143 cm³/mol. The number of likely N-dealkylation sites (tertiary alicyclic amines) is 1. The highest BCUT2D eigenvalue weighted by molar-refractivity contribution is 5.78. The minimum atomic E-state index is -0.582. The van der Waals surface area contributed by atoms with E-state index < -0.39 is 11.5 Å². The number of carbonyl (C=O) groups is 1. The van der Waals surface area contributed by atoms with Crippen molar-refractivity contribution in [1.29, 1.82) is 0 Å². The van der Waals surface area contributed by atoms with E-state index in [9.17, 15) is 9.90 Å². The molecule has 6 nitrogen and oxygen atoms in total. The SMILES string of the molecule is COc1ccc(C2CN(C(=O)COCc3ccccc3)CC2(C)C(C)O)cc1OCC1C2CCCCC21. The van der Waals surface area contributed by atoms with Crippen LogP contribution >= 0.6 is 0 Å². The number of carbonyl (C=O) groups excluding carboxylic acids is 1. The van der Waals surface area contributed by atoms with Gasteiger partial charge < -0.3 is 24.2 Å². The van der Waals surface area contributed by atoms with E-state index in [1.807, 2.05) is 54.3 Å². The zero-order chi connectivity index (χ0) is 26.0. The molecule has 1 aliphatic heterocycles. The molecule has 0 aromatic heterocycles. The summed E-state index contributed by atoms with van der Waals surface area (Å²) in [7, 11) is 1.67. The first kappa shape index (κ1) is 26.1. The average molecular weight is 508 g/mol. The Morgan fingerprint density at radius 1 is 1.11 bits per heavy atom. The molecule has 5 unspecified atom stereocenters. The molecule has 0 bridgehead atoms. The predicted octanol–water partition coefficient (Wildman–Crippen LogP) is 5.04. The van der Waals surface area contributed by atoms with Crippen LogP contribution in [0.1, 0.15) is 56.6 Å². The van der Waals surface area contributed by atoms with Gasteiger partial charge >= 0.3 is 0 Å². The lowest BCUT2D eigenvalue weighted by molar-refractivity contribution is -0.136. The quantitative estimate of drug-likeness (QED) is 0.488. The highest BCUT2D eigenvalue weighted by Gasteiger charge is 2.51. The maximum atomic E-state index is 13.1. The monoisotopic (exact) mass is 507 g/mol. The van der Waals surface area contributed by atoms with E-state index in [0.717, 1.165) is 41.1 Å². The van der Waals surface area contributed by atoms with Crippen molar-refractivity contribution >= 4 is 5.91 Å². The van der Waals surface area contributed by atoms with Crippen LogP contribution in [-0.2, 0) is 16.1 Å². The number of methoxy groups -OCH3 is 1. The van der Waals surface area contributed by atoms with Gasteiger partial charge in [-0.2, -0.15) is 0 Å². The number of ether oxygens (including phenoxy) is 3. The number of hydrogen-bond acceptors (Lipinski definition) is 5. The molecular weight excluding hydrogens is 466 g/mol. The molecule has 1 saturated heterocycles. The van der Waals surface area contributed by atoms with Gasteiger partial charge in [0.25, 0.3) is 0 Å². The Morgan fingerprint density at radius 3 is 2.51 bits per heavy atom. The number of aliphatic hydroxyl groups is 1. The van der Waals surface area contributed by atoms with Crippen molar-refractivity contribution in [2.75, 3.05) is 33.4 Å². The molecule has 2 aromatic rings. The van der Waals surface area contributed by atoms with Crippen LogP contribution in [0.4, 0.5) is 0 Å². The first-order valence-electron chi connectivity index (χ1n) is 13.8. The number of fused-ring (bicyclic) bond motifs is 1. The first-order valence-corrected chi connectivity index (χ1v) is 13.8. The zero-order valence-electron chi connectivity index (χ0n) is 22.4. The number of rotatable bonds is 10. The molecule has 0 radical (unpaired) electrons. The van der Waals surface area contributed by atoms with Crippen LogP contribution < -0.4 is 9.47 Å². The van der Waals surface area contributed by atoms with Crippen molar-refractivity contribution in [2.45, 2.75) is 58.2 Å². The molecule has 200 valence electrons. The molecule has 2 aliphatic carbocycles. The summed E-state index contributed by atoms with van der Waals surface area (Å²) in [4.78, 5) is 14.9. The van der Waals surface area contributed by atoms with Crippen LogP contribution in [0.25, 0.3) is 0 Å². The molecule has 1 amide bonds. The van der Waals surface area contributed by atoms with E-state index in [-0.39, 0.29) is 18.4 Å². The second-order valence-electron chi connectivity index (χ2n) is 11.5. The lowest BCUT2D eigenvalue weighted by Gasteiger charge is -2.33. The minimum Gasteiger partial charge on any atom is -0.493 e. The van der Waals surface area contributed by atoms with Gasteiger partial charge in [-0.3, -0.25) is 4.79 Å². The molecule has 1 heterocycles. The average Bonchev–Trinajstić information content (AvgIpc) is 3.50. The van der Waals surface area contributed by atoms with Gasteiger partial charge in [0, 0.05) is 24.4 Å². The molecule has 2 aromatic carbocycles. The van der Waals surface area contributed by atoms with Gasteiger partial charge in [-0.15, -0.1) is 0 Å². The summed E-state index contributed by atoms with van der Waals surface area (Å²) in [5.41, 5.74) is 1.62. The van der Waals surface area contributed by atoms with Crippen molar-refractivity contribution in [3.8, 4) is 11.5 Å². The maximum absolute atomic E-state index is 13.1. The lowest BCUT2D eigenvalue weighted by atomic mass is 9.72. The number of nitrogens with zero attached hydrogens (tertiary/aromatic N) is 1. The number of benzene rings is 2. The highest BCUT2D eigenvalue weighted by Crippen LogP contribution is 2.55. The van der Waals surface area contributed by atoms with E-state index in [4.69, 9.17) is 14.2 Å². The number of hydrogen-bond donors (Lipinski definition) is 1. The molecule has 5 atom stereocenters. The summed E-state index contributed by atoms with van der Waals surface area (Å²) in [5, 5.41) is 10.8. The first-order chi connectivity index (χ1) is 17.9. The molecule has 1 N–H and O–H groups in total. The number of amides is 1. The van der Waals surface area contributed by atoms with Gasteiger partial charge in [-0.25, -0.2) is 0 Å². The van der Waals surface area contributed by atoms with Crippen molar-refractivity contribution in [1.82, 2.24) is 4.90 Å². The van der Waals surface area contributed by atoms with E-state index in [1.54, 1.807) is 7.11 Å². The molecule has 37 heavy (non-hydrogen) atoms. The maximum Gasteiger partial charge on any atom is 0.248 e. The summed E-state index contributed by atoms with van der Waals surface area (Å²) in [6, 6.07) is 15.9. The number of aliphatic hydroxyl groups excluding tert-OH is 1. The molecule has 6 heteroatoms. The standard InChI is InChI=1S/C31H41NO5/c1-21(33)31(2)20-32(30(34)19-36-17-22-9-5-4-6-10-22)16-27(31)23-13-14-28(35-3)29(15-23)37-18-26-24-11-7-8-12-25(24)26/h4-6,9-10,13-15,21,24-27,33H,7-8,11-12,16-20H2,1-3H3. The highest BCUT2D eigenvalue weighted by atomic mass is 16.5. The van der Waals surface area contributed by atoms with Crippen LogP contribution in [-0.4, -0.2) is 55.4 Å². The summed E-state index contributed by atoms with van der Waals surface area (Å²) >= 11 is 0. The van der Waals surface area contributed by atoms with Gasteiger partial charge in [-0.05, 0) is 60.8 Å². The van der Waals surface area contributed by atoms with Crippen molar-refractivity contribution in [3.05, 3.63) is 59.7 Å². The summed E-state index contributed by atoms with van der Waals surface area (Å²) in [5.74, 6) is 3.74. The molecule has 3 aliphatic rings. The Balaban J connectivity index is 1.26. The van der Waals surface area contributed by atoms with E-state index in [0.29, 0.717) is 25.6 Å². The van der Waals surface area contributed by atoms with E-state index in [1.165, 1.54) is 25.7 Å². The normalized spacial score (nSPS) is 29.5. The molecule has 2 saturated carbocycles.